The Kier molecular flexibility index (Phi) is 5.96. The molecule has 0 unspecified atom stereocenters. The Morgan fingerprint density at radius 2 is 1.73 bits per heavy atom. The van der Waals surface area contributed by atoms with Gasteiger partial charge in [-0.15, -0.1) is 0 Å². The number of aromatic nitrogens is 2. The molecule has 8 nitrogen and oxygen atoms in total. The molecule has 37 heavy (non-hydrogen) atoms. The van der Waals surface area contributed by atoms with E-state index in [9.17, 15) is 22.0 Å². The maximum Gasteiger partial charge on any atom is 0.270 e. The summed E-state index contributed by atoms with van der Waals surface area (Å²) in [6.07, 6.45) is 1.14. The molecule has 1 N–H and O–H groups in total. The van der Waals surface area contributed by atoms with Crippen molar-refractivity contribution in [2.75, 3.05) is 11.4 Å². The number of sulfonamides is 1. The summed E-state index contributed by atoms with van der Waals surface area (Å²) in [4.78, 5) is 14.0. The van der Waals surface area contributed by atoms with Gasteiger partial charge in [-0.3, -0.25) is 4.79 Å². The first kappa shape index (κ1) is 24.1. The molecule has 0 saturated carbocycles. The van der Waals surface area contributed by atoms with Gasteiger partial charge in [0.1, 0.15) is 23.5 Å². The first-order valence-electron chi connectivity index (χ1n) is 10.6. The highest BCUT2D eigenvalue weighted by Crippen LogP contribution is 2.41. The summed E-state index contributed by atoms with van der Waals surface area (Å²) >= 11 is 0. The van der Waals surface area contributed by atoms with E-state index in [0.29, 0.717) is 10.9 Å². The van der Waals surface area contributed by atoms with Gasteiger partial charge in [0.15, 0.2) is 17.5 Å². The molecule has 2 aromatic heterocycles. The Hall–Kier alpha value is -4.58. The van der Waals surface area contributed by atoms with E-state index in [-0.39, 0.29) is 38.8 Å². The van der Waals surface area contributed by atoms with Gasteiger partial charge in [0, 0.05) is 29.3 Å². The molecule has 0 saturated heterocycles. The molecule has 3 aromatic carbocycles. The Labute approximate surface area is 207 Å². The Bertz CT molecular complexity index is 1800. The van der Waals surface area contributed by atoms with Crippen LogP contribution in [0.25, 0.3) is 22.0 Å². The fraction of sp³-hybridized carbons (Fsp3) is 0.0400. The van der Waals surface area contributed by atoms with Gasteiger partial charge >= 0.3 is 0 Å². The highest BCUT2D eigenvalue weighted by molar-refractivity contribution is 7.93. The molecule has 0 radical (unpaired) electrons. The minimum absolute atomic E-state index is 0.0145. The van der Waals surface area contributed by atoms with Crippen molar-refractivity contribution < 1.29 is 30.8 Å². The van der Waals surface area contributed by atoms with Crippen LogP contribution in [0.3, 0.4) is 0 Å². The zero-order chi connectivity index (χ0) is 26.3. The van der Waals surface area contributed by atoms with Crippen LogP contribution in [-0.2, 0) is 10.0 Å². The lowest BCUT2D eigenvalue weighted by Crippen LogP contribution is -2.27. The van der Waals surface area contributed by atoms with Gasteiger partial charge in [-0.05, 0) is 53.4 Å². The topological polar surface area (TPSA) is 106 Å². The zero-order valence-corrected chi connectivity index (χ0v) is 19.7. The summed E-state index contributed by atoms with van der Waals surface area (Å²) in [5.74, 6) is -3.50. The van der Waals surface area contributed by atoms with Gasteiger partial charge in [-0.2, -0.15) is 0 Å². The molecule has 0 aliphatic rings. The Morgan fingerprint density at radius 1 is 0.919 bits per heavy atom. The van der Waals surface area contributed by atoms with Crippen LogP contribution in [0.2, 0.25) is 0 Å². The van der Waals surface area contributed by atoms with Gasteiger partial charge in [-0.25, -0.2) is 25.9 Å². The largest absolute Gasteiger partial charge is 0.495 e. The molecule has 0 spiro atoms. The molecule has 5 aromatic rings. The Morgan fingerprint density at radius 3 is 2.43 bits per heavy atom. The van der Waals surface area contributed by atoms with Crippen LogP contribution in [0.15, 0.2) is 87.2 Å². The quantitative estimate of drug-likeness (QED) is 0.328. The minimum atomic E-state index is -4.46. The van der Waals surface area contributed by atoms with E-state index < -0.39 is 27.5 Å². The molecule has 0 amide bonds. The second kappa shape index (κ2) is 9.13. The van der Waals surface area contributed by atoms with Crippen molar-refractivity contribution in [3.05, 3.63) is 101 Å². The smallest absolute Gasteiger partial charge is 0.270 e. The summed E-state index contributed by atoms with van der Waals surface area (Å²) in [7, 11) is -3.21. The third kappa shape index (κ3) is 4.31. The number of rotatable bonds is 6. The number of pyridine rings is 1. The third-order valence-electron chi connectivity index (χ3n) is 5.58. The number of nitrogens with zero attached hydrogens (tertiary/aromatic N) is 2. The van der Waals surface area contributed by atoms with Crippen LogP contribution in [0, 0.1) is 17.5 Å². The van der Waals surface area contributed by atoms with E-state index in [4.69, 9.17) is 9.26 Å². The minimum Gasteiger partial charge on any atom is -0.495 e. The van der Waals surface area contributed by atoms with E-state index in [1.807, 2.05) is 0 Å². The van der Waals surface area contributed by atoms with Gasteiger partial charge in [0.05, 0.1) is 12.0 Å². The van der Waals surface area contributed by atoms with E-state index in [0.717, 1.165) is 28.8 Å². The van der Waals surface area contributed by atoms with Crippen LogP contribution in [0.1, 0.15) is 0 Å². The summed E-state index contributed by atoms with van der Waals surface area (Å²) in [5, 5.41) is 4.16. The normalized spacial score (nSPS) is 11.6. The van der Waals surface area contributed by atoms with Gasteiger partial charge in [0.2, 0.25) is 5.56 Å². The molecule has 12 heteroatoms. The number of halogens is 3. The number of methoxy groups -OCH3 is 1. The molecule has 0 aliphatic carbocycles. The number of fused-ring (bicyclic) bond motifs is 1. The number of hydrogen-bond acceptors (Lipinski definition) is 6. The summed E-state index contributed by atoms with van der Waals surface area (Å²) in [6.45, 7) is 0. The molecule has 5 rings (SSSR count). The predicted molar refractivity (Wildman–Crippen MR) is 129 cm³/mol. The molecular weight excluding hydrogens is 511 g/mol. The standard InChI is InChI=1S/C25H16F3N3O5S/c1-35-23-12-17(14-2-5-18(26)20(28)11-14)19(27)13-22(23)31(24-8-9-36-30-24)37(33,34)16-4-6-21-15(10-16)3-7-25(32)29-21/h2-13H,1H3,(H,29,32). The second-order valence-corrected chi connectivity index (χ2v) is 9.62. The highest BCUT2D eigenvalue weighted by Gasteiger charge is 2.32. The van der Waals surface area contributed by atoms with Crippen molar-refractivity contribution in [3.8, 4) is 16.9 Å². The van der Waals surface area contributed by atoms with E-state index in [1.54, 1.807) is 0 Å². The lowest BCUT2D eigenvalue weighted by molar-refractivity contribution is 0.413. The fourth-order valence-corrected chi connectivity index (χ4v) is 5.30. The van der Waals surface area contributed by atoms with Gasteiger partial charge < -0.3 is 14.2 Å². The van der Waals surface area contributed by atoms with E-state index in [2.05, 4.69) is 10.1 Å². The SMILES string of the molecule is COc1cc(-c2ccc(F)c(F)c2)c(F)cc1N(c1ccon1)S(=O)(=O)c1ccc2[nH]c(=O)ccc2c1. The van der Waals surface area contributed by atoms with Crippen molar-refractivity contribution in [1.29, 1.82) is 0 Å². The maximum absolute atomic E-state index is 15.4. The number of H-pyrrole nitrogens is 1. The Balaban J connectivity index is 1.70. The van der Waals surface area contributed by atoms with Crippen molar-refractivity contribution in [1.82, 2.24) is 10.1 Å². The van der Waals surface area contributed by atoms with Gasteiger partial charge in [-0.1, -0.05) is 11.2 Å². The van der Waals surface area contributed by atoms with Crippen molar-refractivity contribution in [3.63, 3.8) is 0 Å². The zero-order valence-electron chi connectivity index (χ0n) is 18.9. The fourth-order valence-electron chi connectivity index (χ4n) is 3.84. The first-order valence-corrected chi connectivity index (χ1v) is 12.0. The number of anilines is 2. The monoisotopic (exact) mass is 527 g/mol. The maximum atomic E-state index is 15.4. The molecule has 0 bridgehead atoms. The molecular formula is C25H16F3N3O5S. The average Bonchev–Trinajstić information content (AvgIpc) is 3.39. The molecule has 2 heterocycles. The number of benzene rings is 3. The number of aromatic amines is 1. The number of hydrogen-bond donors (Lipinski definition) is 1. The third-order valence-corrected chi connectivity index (χ3v) is 7.30. The molecule has 0 fully saturated rings. The predicted octanol–water partition coefficient (Wildman–Crippen LogP) is 5.14. The number of ether oxygens (including phenoxy) is 1. The molecule has 0 aliphatic heterocycles. The van der Waals surface area contributed by atoms with Crippen molar-refractivity contribution in [2.45, 2.75) is 4.90 Å². The van der Waals surface area contributed by atoms with Crippen LogP contribution in [-0.4, -0.2) is 25.7 Å². The highest BCUT2D eigenvalue weighted by atomic mass is 32.2. The lowest BCUT2D eigenvalue weighted by atomic mass is 10.0. The summed E-state index contributed by atoms with van der Waals surface area (Å²) < 4.78 is 81.2. The van der Waals surface area contributed by atoms with Crippen molar-refractivity contribution >= 4 is 32.4 Å². The second-order valence-electron chi connectivity index (χ2n) is 7.83. The molecule has 188 valence electrons. The van der Waals surface area contributed by atoms with Crippen LogP contribution < -0.4 is 14.6 Å². The molecule has 0 atom stereocenters. The van der Waals surface area contributed by atoms with E-state index in [1.165, 1.54) is 55.6 Å². The average molecular weight is 527 g/mol. The number of nitrogens with one attached hydrogen (secondary N) is 1. The first-order chi connectivity index (χ1) is 17.7. The van der Waals surface area contributed by atoms with Crippen LogP contribution >= 0.6 is 0 Å². The van der Waals surface area contributed by atoms with E-state index >= 15 is 4.39 Å². The van der Waals surface area contributed by atoms with Gasteiger partial charge in [0.25, 0.3) is 10.0 Å². The van der Waals surface area contributed by atoms with Crippen LogP contribution in [0.5, 0.6) is 5.75 Å². The van der Waals surface area contributed by atoms with Crippen LogP contribution in [0.4, 0.5) is 24.7 Å². The lowest BCUT2D eigenvalue weighted by Gasteiger charge is -2.24. The summed E-state index contributed by atoms with van der Waals surface area (Å²) in [6, 6.07) is 12.9. The van der Waals surface area contributed by atoms with Crippen molar-refractivity contribution in [2.24, 2.45) is 0 Å². The summed E-state index contributed by atoms with van der Waals surface area (Å²) in [5.41, 5.74) is -0.318.